The lowest BCUT2D eigenvalue weighted by molar-refractivity contribution is -0.137. The summed E-state index contributed by atoms with van der Waals surface area (Å²) in [4.78, 5) is 33.9. The number of hydrogen-bond donors (Lipinski definition) is 1. The van der Waals surface area contributed by atoms with E-state index in [1.54, 1.807) is 4.57 Å². The molecule has 2 fully saturated rings. The molecule has 7 heteroatoms. The fourth-order valence-corrected chi connectivity index (χ4v) is 5.97. The molecular weight excluding hydrogens is 456 g/mol. The minimum atomic E-state index is -0.0238. The van der Waals surface area contributed by atoms with E-state index < -0.39 is 0 Å². The van der Waals surface area contributed by atoms with Crippen molar-refractivity contribution in [2.75, 3.05) is 31.1 Å². The van der Waals surface area contributed by atoms with Gasteiger partial charge in [0.15, 0.2) is 4.77 Å². The number of aromatic amines is 1. The lowest BCUT2D eigenvalue weighted by atomic mass is 9.81. The SMILES string of the molecule is Cc1ccc(C)c(N2CCN(C(=O)C3CCC(Cn4c(=S)[nH]c5ccccc5c4=O)CC3)CC2)c1. The number of benzene rings is 2. The molecule has 2 aromatic carbocycles. The fraction of sp³-hybridized carbons (Fsp3) is 0.464. The second kappa shape index (κ2) is 9.97. The summed E-state index contributed by atoms with van der Waals surface area (Å²) in [6, 6.07) is 14.1. The van der Waals surface area contributed by atoms with Crippen molar-refractivity contribution < 1.29 is 4.79 Å². The van der Waals surface area contributed by atoms with Gasteiger partial charge in [-0.05, 0) is 87.0 Å². The number of fused-ring (bicyclic) bond motifs is 1. The van der Waals surface area contributed by atoms with Crippen LogP contribution in [0.25, 0.3) is 10.9 Å². The Balaban J connectivity index is 1.17. The van der Waals surface area contributed by atoms with E-state index >= 15 is 0 Å². The van der Waals surface area contributed by atoms with Crippen LogP contribution in [0.3, 0.4) is 0 Å². The molecule has 1 aliphatic carbocycles. The molecule has 0 spiro atoms. The minimum Gasteiger partial charge on any atom is -0.368 e. The summed E-state index contributed by atoms with van der Waals surface area (Å²) in [5.74, 6) is 0.778. The summed E-state index contributed by atoms with van der Waals surface area (Å²) in [5.41, 5.74) is 4.61. The molecule has 3 aromatic rings. The van der Waals surface area contributed by atoms with Gasteiger partial charge in [-0.2, -0.15) is 0 Å². The third kappa shape index (κ3) is 4.92. The predicted octanol–water partition coefficient (Wildman–Crippen LogP) is 4.83. The first-order valence-corrected chi connectivity index (χ1v) is 13.1. The fourth-order valence-electron chi connectivity index (χ4n) is 5.70. The molecule has 2 heterocycles. The number of nitrogens with zero attached hydrogens (tertiary/aromatic N) is 3. The zero-order valence-electron chi connectivity index (χ0n) is 20.6. The maximum absolute atomic E-state index is 13.3. The number of aryl methyl sites for hydroxylation is 2. The first-order chi connectivity index (χ1) is 16.9. The lowest BCUT2D eigenvalue weighted by Gasteiger charge is -2.39. The van der Waals surface area contributed by atoms with Crippen molar-refractivity contribution in [2.24, 2.45) is 11.8 Å². The van der Waals surface area contributed by atoms with Gasteiger partial charge in [0, 0.05) is 44.3 Å². The first kappa shape index (κ1) is 23.8. The molecule has 5 rings (SSSR count). The average molecular weight is 491 g/mol. The van der Waals surface area contributed by atoms with E-state index in [1.807, 2.05) is 24.3 Å². The van der Waals surface area contributed by atoms with Crippen LogP contribution in [0.1, 0.15) is 36.8 Å². The monoisotopic (exact) mass is 490 g/mol. The highest BCUT2D eigenvalue weighted by molar-refractivity contribution is 7.71. The average Bonchev–Trinajstić information content (AvgIpc) is 2.88. The van der Waals surface area contributed by atoms with Crippen LogP contribution in [-0.4, -0.2) is 46.5 Å². The van der Waals surface area contributed by atoms with Crippen molar-refractivity contribution in [2.45, 2.75) is 46.1 Å². The predicted molar refractivity (Wildman–Crippen MR) is 144 cm³/mol. The molecule has 0 atom stereocenters. The maximum atomic E-state index is 13.3. The maximum Gasteiger partial charge on any atom is 0.262 e. The zero-order valence-corrected chi connectivity index (χ0v) is 21.4. The summed E-state index contributed by atoms with van der Waals surface area (Å²) >= 11 is 5.49. The van der Waals surface area contributed by atoms with Crippen molar-refractivity contribution in [3.8, 4) is 0 Å². The van der Waals surface area contributed by atoms with Crippen LogP contribution < -0.4 is 10.5 Å². The van der Waals surface area contributed by atoms with Gasteiger partial charge in [0.2, 0.25) is 5.91 Å². The number of rotatable bonds is 4. The molecule has 6 nitrogen and oxygen atoms in total. The van der Waals surface area contributed by atoms with Gasteiger partial charge in [-0.1, -0.05) is 24.3 Å². The van der Waals surface area contributed by atoms with Crippen molar-refractivity contribution in [1.82, 2.24) is 14.5 Å². The Bertz CT molecular complexity index is 1350. The second-order valence-electron chi connectivity index (χ2n) is 10.2. The third-order valence-electron chi connectivity index (χ3n) is 7.82. The summed E-state index contributed by atoms with van der Waals surface area (Å²) < 4.78 is 2.19. The van der Waals surface area contributed by atoms with E-state index in [0.717, 1.165) is 57.4 Å². The van der Waals surface area contributed by atoms with E-state index in [9.17, 15) is 9.59 Å². The van der Waals surface area contributed by atoms with Crippen molar-refractivity contribution in [3.05, 3.63) is 68.7 Å². The number of para-hydroxylation sites is 1. The summed E-state index contributed by atoms with van der Waals surface area (Å²) in [6.07, 6.45) is 3.68. The first-order valence-electron chi connectivity index (χ1n) is 12.7. The van der Waals surface area contributed by atoms with E-state index in [4.69, 9.17) is 12.2 Å². The smallest absolute Gasteiger partial charge is 0.262 e. The topological polar surface area (TPSA) is 61.3 Å². The molecule has 1 N–H and O–H groups in total. The van der Waals surface area contributed by atoms with E-state index in [-0.39, 0.29) is 11.5 Å². The van der Waals surface area contributed by atoms with Gasteiger partial charge >= 0.3 is 0 Å². The molecule has 0 bridgehead atoms. The number of nitrogens with one attached hydrogen (secondary N) is 1. The summed E-state index contributed by atoms with van der Waals surface area (Å²) in [7, 11) is 0. The number of piperazine rings is 1. The number of carbonyl (C=O) groups excluding carboxylic acids is 1. The third-order valence-corrected chi connectivity index (χ3v) is 8.15. The molecule has 1 aromatic heterocycles. The standard InChI is InChI=1S/C28H34N4O2S/c1-19-7-8-20(2)25(17-19)30-13-15-31(16-14-30)26(33)22-11-9-21(10-12-22)18-32-27(34)23-5-3-4-6-24(23)29-28(32)35/h3-8,17,21-22H,9-16,18H2,1-2H3,(H,29,35). The van der Waals surface area contributed by atoms with Gasteiger partial charge in [-0.15, -0.1) is 0 Å². The molecule has 35 heavy (non-hydrogen) atoms. The molecule has 1 amide bonds. The molecule has 2 aliphatic rings. The quantitative estimate of drug-likeness (QED) is 0.532. The molecule has 0 radical (unpaired) electrons. The molecule has 184 valence electrons. The summed E-state index contributed by atoms with van der Waals surface area (Å²) in [5, 5.41) is 0.671. The van der Waals surface area contributed by atoms with Crippen LogP contribution in [0.2, 0.25) is 0 Å². The number of amides is 1. The van der Waals surface area contributed by atoms with Crippen LogP contribution in [0.5, 0.6) is 0 Å². The molecule has 1 saturated heterocycles. The van der Waals surface area contributed by atoms with Crippen LogP contribution in [0, 0.1) is 30.5 Å². The Hall–Kier alpha value is -2.93. The highest BCUT2D eigenvalue weighted by atomic mass is 32.1. The Morgan fingerprint density at radius 2 is 1.71 bits per heavy atom. The van der Waals surface area contributed by atoms with Crippen LogP contribution in [0.4, 0.5) is 5.69 Å². The van der Waals surface area contributed by atoms with Gasteiger partial charge < -0.3 is 14.8 Å². The van der Waals surface area contributed by atoms with Crippen LogP contribution in [-0.2, 0) is 11.3 Å². The Labute approximate surface area is 211 Å². The molecule has 0 unspecified atom stereocenters. The Kier molecular flexibility index (Phi) is 6.78. The number of carbonyl (C=O) groups is 1. The zero-order chi connectivity index (χ0) is 24.5. The number of anilines is 1. The Morgan fingerprint density at radius 1 is 1.00 bits per heavy atom. The number of aromatic nitrogens is 2. The highest BCUT2D eigenvalue weighted by Gasteiger charge is 2.31. The lowest BCUT2D eigenvalue weighted by Crippen LogP contribution is -2.51. The van der Waals surface area contributed by atoms with Crippen LogP contribution >= 0.6 is 12.2 Å². The van der Waals surface area contributed by atoms with E-state index in [2.05, 4.69) is 46.8 Å². The molecule has 1 aliphatic heterocycles. The van der Waals surface area contributed by atoms with E-state index in [1.165, 1.54) is 16.8 Å². The van der Waals surface area contributed by atoms with Crippen molar-refractivity contribution in [3.63, 3.8) is 0 Å². The van der Waals surface area contributed by atoms with Gasteiger partial charge in [-0.25, -0.2) is 0 Å². The van der Waals surface area contributed by atoms with Gasteiger partial charge in [0.05, 0.1) is 10.9 Å². The number of H-pyrrole nitrogens is 1. The number of hydrogen-bond acceptors (Lipinski definition) is 4. The molecular formula is C28H34N4O2S. The van der Waals surface area contributed by atoms with Crippen molar-refractivity contribution in [1.29, 1.82) is 0 Å². The normalized spacial score (nSPS) is 20.9. The second-order valence-corrected chi connectivity index (χ2v) is 10.6. The van der Waals surface area contributed by atoms with Gasteiger partial charge in [0.25, 0.3) is 5.56 Å². The van der Waals surface area contributed by atoms with Crippen molar-refractivity contribution >= 4 is 34.7 Å². The molecule has 1 saturated carbocycles. The van der Waals surface area contributed by atoms with E-state index in [0.29, 0.717) is 28.5 Å². The largest absolute Gasteiger partial charge is 0.368 e. The van der Waals surface area contributed by atoms with Gasteiger partial charge in [-0.3, -0.25) is 14.2 Å². The highest BCUT2D eigenvalue weighted by Crippen LogP contribution is 2.32. The summed E-state index contributed by atoms with van der Waals surface area (Å²) in [6.45, 7) is 8.24. The van der Waals surface area contributed by atoms with Crippen LogP contribution in [0.15, 0.2) is 47.3 Å². The van der Waals surface area contributed by atoms with Gasteiger partial charge in [0.1, 0.15) is 0 Å². The Morgan fingerprint density at radius 3 is 2.46 bits per heavy atom. The minimum absolute atomic E-state index is 0.0238.